The van der Waals surface area contributed by atoms with E-state index in [1.165, 1.54) is 10.9 Å². The van der Waals surface area contributed by atoms with Gasteiger partial charge in [0.15, 0.2) is 29.7 Å². The van der Waals surface area contributed by atoms with E-state index in [0.717, 1.165) is 23.2 Å². The molecule has 1 saturated heterocycles. The van der Waals surface area contributed by atoms with Crippen molar-refractivity contribution in [1.29, 1.82) is 0 Å². The lowest BCUT2D eigenvalue weighted by molar-refractivity contribution is -0.0662. The zero-order valence-corrected chi connectivity index (χ0v) is 30.2. The fraction of sp³-hybridized carbons (Fsp3) is 0.486. The molecule has 1 aliphatic rings. The average molecular weight is 699 g/mol. The van der Waals surface area contributed by atoms with Crippen LogP contribution in [0, 0.1) is 0 Å². The number of hydrogen-bond acceptors (Lipinski definition) is 9. The summed E-state index contributed by atoms with van der Waals surface area (Å²) in [5, 5.41) is 1.65. The number of carbonyl (C=O) groups is 1. The van der Waals surface area contributed by atoms with Crippen LogP contribution < -0.4 is 15.1 Å². The Hall–Kier alpha value is -3.58. The number of fused-ring (bicyclic) bond motifs is 1. The molecule has 0 bridgehead atoms. The molecule has 0 saturated carbocycles. The first-order valence-electron chi connectivity index (χ1n) is 16.2. The SMILES string of the molecule is CCCCOc1nc(Cl)nc2c1ncn2[C@@H]1O[C@H](CO[Si](c2ccccc2)(c2ccccc2)C(C)(C)C)[C@@H](OC(=O)OC(C)(C)C)[C@@H]1F. The van der Waals surface area contributed by atoms with Gasteiger partial charge in [0.2, 0.25) is 11.2 Å². The van der Waals surface area contributed by atoms with Crippen molar-refractivity contribution in [1.82, 2.24) is 19.5 Å². The third kappa shape index (κ3) is 7.51. The van der Waals surface area contributed by atoms with Crippen LogP contribution >= 0.6 is 11.6 Å². The Morgan fingerprint density at radius 1 is 1.00 bits per heavy atom. The highest BCUT2D eigenvalue weighted by Gasteiger charge is 2.54. The molecule has 0 aliphatic carbocycles. The van der Waals surface area contributed by atoms with E-state index >= 15 is 4.39 Å². The maximum absolute atomic E-state index is 16.7. The first kappa shape index (κ1) is 35.7. The van der Waals surface area contributed by atoms with E-state index in [0.29, 0.717) is 12.1 Å². The molecule has 0 N–H and O–H groups in total. The van der Waals surface area contributed by atoms with Crippen LogP contribution in [0.4, 0.5) is 9.18 Å². The van der Waals surface area contributed by atoms with Crippen molar-refractivity contribution in [3.05, 3.63) is 72.3 Å². The number of aromatic nitrogens is 4. The minimum absolute atomic E-state index is 0.0780. The van der Waals surface area contributed by atoms with Crippen molar-refractivity contribution in [3.63, 3.8) is 0 Å². The lowest BCUT2D eigenvalue weighted by Gasteiger charge is -2.43. The molecule has 3 heterocycles. The van der Waals surface area contributed by atoms with Gasteiger partial charge in [-0.2, -0.15) is 9.97 Å². The number of ether oxygens (including phenoxy) is 4. The van der Waals surface area contributed by atoms with Gasteiger partial charge in [0.05, 0.1) is 19.5 Å². The quantitative estimate of drug-likeness (QED) is 0.0724. The zero-order valence-electron chi connectivity index (χ0n) is 28.5. The Morgan fingerprint density at radius 3 is 2.19 bits per heavy atom. The van der Waals surface area contributed by atoms with Crippen molar-refractivity contribution >= 4 is 47.6 Å². The van der Waals surface area contributed by atoms with Gasteiger partial charge in [-0.05, 0) is 54.2 Å². The number of benzene rings is 2. The molecule has 1 aliphatic heterocycles. The largest absolute Gasteiger partial charge is 0.509 e. The summed E-state index contributed by atoms with van der Waals surface area (Å²) in [4.78, 5) is 25.9. The van der Waals surface area contributed by atoms with E-state index in [-0.39, 0.29) is 28.5 Å². The summed E-state index contributed by atoms with van der Waals surface area (Å²) < 4.78 is 48.5. The van der Waals surface area contributed by atoms with E-state index in [1.54, 1.807) is 20.8 Å². The molecule has 13 heteroatoms. The van der Waals surface area contributed by atoms with Crippen LogP contribution in [0.25, 0.3) is 11.2 Å². The van der Waals surface area contributed by atoms with Crippen LogP contribution in [0.1, 0.15) is 67.5 Å². The minimum Gasteiger partial charge on any atom is -0.476 e. The molecule has 0 unspecified atom stereocenters. The van der Waals surface area contributed by atoms with Crippen LogP contribution in [0.5, 0.6) is 5.88 Å². The lowest BCUT2D eigenvalue weighted by atomic mass is 10.1. The fourth-order valence-electron chi connectivity index (χ4n) is 6.01. The highest BCUT2D eigenvalue weighted by Crippen LogP contribution is 2.40. The maximum atomic E-state index is 16.7. The molecule has 0 radical (unpaired) electrons. The van der Waals surface area contributed by atoms with Gasteiger partial charge in [-0.25, -0.2) is 14.2 Å². The summed E-state index contributed by atoms with van der Waals surface area (Å²) >= 11 is 6.28. The van der Waals surface area contributed by atoms with Gasteiger partial charge < -0.3 is 23.4 Å². The van der Waals surface area contributed by atoms with E-state index in [9.17, 15) is 4.79 Å². The van der Waals surface area contributed by atoms with Crippen LogP contribution in [0.15, 0.2) is 67.0 Å². The summed E-state index contributed by atoms with van der Waals surface area (Å²) in [6.07, 6.45) is -3.42. The average Bonchev–Trinajstić information content (AvgIpc) is 3.57. The van der Waals surface area contributed by atoms with Crippen LogP contribution in [0.3, 0.4) is 0 Å². The zero-order chi connectivity index (χ0) is 34.7. The molecule has 1 fully saturated rings. The monoisotopic (exact) mass is 698 g/mol. The highest BCUT2D eigenvalue weighted by molar-refractivity contribution is 6.99. The van der Waals surface area contributed by atoms with Gasteiger partial charge in [-0.15, -0.1) is 0 Å². The van der Waals surface area contributed by atoms with Gasteiger partial charge in [-0.1, -0.05) is 94.8 Å². The van der Waals surface area contributed by atoms with E-state index in [2.05, 4.69) is 60.0 Å². The summed E-state index contributed by atoms with van der Waals surface area (Å²) in [6.45, 7) is 13.9. The van der Waals surface area contributed by atoms with Crippen LogP contribution in [-0.2, 0) is 18.6 Å². The number of rotatable bonds is 11. The standard InChI is InChI=1S/C35H44ClFN4O6Si/c1-8-9-20-43-30-27-29(39-32(36)40-30)41(22-38-27)31-26(37)28(46-33(42)47-34(2,3)4)25(45-31)21-44-48(35(5,6)7,23-16-12-10-13-17-23)24-18-14-11-15-19-24/h10-19,22,25-26,28,31H,8-9,20-21H2,1-7H3/t25-,26+,28-,31-/m1/s1. The summed E-state index contributed by atoms with van der Waals surface area (Å²) in [5.74, 6) is 0.193. The smallest absolute Gasteiger partial charge is 0.476 e. The third-order valence-corrected chi connectivity index (χ3v) is 13.3. The van der Waals surface area contributed by atoms with Gasteiger partial charge >= 0.3 is 6.16 Å². The molecule has 0 spiro atoms. The molecule has 0 amide bonds. The normalized spacial score (nSPS) is 20.2. The van der Waals surface area contributed by atoms with Crippen molar-refractivity contribution in [2.45, 2.75) is 96.6 Å². The van der Waals surface area contributed by atoms with Crippen LogP contribution in [0.2, 0.25) is 10.3 Å². The predicted octanol–water partition coefficient (Wildman–Crippen LogP) is 6.79. The third-order valence-electron chi connectivity index (χ3n) is 8.14. The molecule has 48 heavy (non-hydrogen) atoms. The number of nitrogens with zero attached hydrogens (tertiary/aromatic N) is 4. The Kier molecular flexibility index (Phi) is 10.8. The molecule has 258 valence electrons. The van der Waals surface area contributed by atoms with E-state index in [1.807, 2.05) is 43.3 Å². The maximum Gasteiger partial charge on any atom is 0.509 e. The molecule has 5 rings (SSSR count). The van der Waals surface area contributed by atoms with Gasteiger partial charge in [0.1, 0.15) is 11.7 Å². The second-order valence-electron chi connectivity index (χ2n) is 13.9. The van der Waals surface area contributed by atoms with Crippen molar-refractivity contribution in [2.75, 3.05) is 13.2 Å². The predicted molar refractivity (Wildman–Crippen MR) is 184 cm³/mol. The first-order valence-corrected chi connectivity index (χ1v) is 18.5. The van der Waals surface area contributed by atoms with Gasteiger partial charge in [0, 0.05) is 0 Å². The number of carbonyl (C=O) groups excluding carboxylic acids is 1. The second kappa shape index (κ2) is 14.5. The number of unbranched alkanes of at least 4 members (excludes halogenated alkanes) is 1. The molecule has 10 nitrogen and oxygen atoms in total. The molecule has 4 aromatic rings. The van der Waals surface area contributed by atoms with Crippen molar-refractivity contribution < 1.29 is 32.6 Å². The summed E-state index contributed by atoms with van der Waals surface area (Å²) in [5.41, 5.74) is -0.327. The molecule has 2 aromatic heterocycles. The summed E-state index contributed by atoms with van der Waals surface area (Å²) in [6, 6.07) is 20.1. The number of alkyl halides is 1. The topological polar surface area (TPSA) is 107 Å². The number of imidazole rings is 1. The minimum atomic E-state index is -3.06. The molecular formula is C35H44ClFN4O6Si. The Morgan fingerprint density at radius 2 is 1.62 bits per heavy atom. The summed E-state index contributed by atoms with van der Waals surface area (Å²) in [7, 11) is -3.06. The lowest BCUT2D eigenvalue weighted by Crippen LogP contribution is -2.67. The second-order valence-corrected chi connectivity index (χ2v) is 18.5. The Balaban J connectivity index is 1.53. The number of halogens is 2. The molecule has 2 aromatic carbocycles. The van der Waals surface area contributed by atoms with Crippen LogP contribution in [-0.4, -0.2) is 71.2 Å². The Labute approximate surface area is 287 Å². The van der Waals surface area contributed by atoms with Gasteiger partial charge in [-0.3, -0.25) is 4.57 Å². The van der Waals surface area contributed by atoms with Crippen molar-refractivity contribution in [3.8, 4) is 5.88 Å². The molecule has 4 atom stereocenters. The Bertz CT molecular complexity index is 1640. The highest BCUT2D eigenvalue weighted by atomic mass is 35.5. The van der Waals surface area contributed by atoms with Gasteiger partial charge in [0.25, 0.3) is 8.32 Å². The first-order chi connectivity index (χ1) is 22.7. The number of hydrogen-bond donors (Lipinski definition) is 0. The molecular weight excluding hydrogens is 655 g/mol. The van der Waals surface area contributed by atoms with E-state index < -0.39 is 44.7 Å². The van der Waals surface area contributed by atoms with E-state index in [4.69, 9.17) is 35.0 Å². The fourth-order valence-corrected chi connectivity index (χ4v) is 10.7. The van der Waals surface area contributed by atoms with Crippen molar-refractivity contribution in [2.24, 2.45) is 0 Å².